The summed E-state index contributed by atoms with van der Waals surface area (Å²) >= 11 is 0. The second-order valence-corrected chi connectivity index (χ2v) is 7.47. The minimum absolute atomic E-state index is 0.0549. The zero-order valence-corrected chi connectivity index (χ0v) is 18.1. The second-order valence-electron chi connectivity index (χ2n) is 7.47. The van der Waals surface area contributed by atoms with Crippen molar-refractivity contribution in [2.75, 3.05) is 44.7 Å². The zero-order chi connectivity index (χ0) is 22.1. The van der Waals surface area contributed by atoms with E-state index in [1.165, 1.54) is 6.07 Å². The number of aromatic nitrogens is 2. The molecule has 2 N–H and O–H groups in total. The molecule has 1 aliphatic heterocycles. The van der Waals surface area contributed by atoms with Crippen LogP contribution in [-0.2, 0) is 11.2 Å². The number of amides is 1. The summed E-state index contributed by atoms with van der Waals surface area (Å²) in [6, 6.07) is 8.87. The van der Waals surface area contributed by atoms with Crippen molar-refractivity contribution in [3.8, 4) is 0 Å². The topological polar surface area (TPSA) is 85.8 Å². The summed E-state index contributed by atoms with van der Waals surface area (Å²) in [4.78, 5) is 28.9. The Morgan fingerprint density at radius 1 is 1.29 bits per heavy atom. The van der Waals surface area contributed by atoms with Gasteiger partial charge in [-0.05, 0) is 37.6 Å². The Labute approximate surface area is 182 Å². The molecule has 1 aliphatic rings. The van der Waals surface area contributed by atoms with E-state index in [1.807, 2.05) is 30.0 Å². The van der Waals surface area contributed by atoms with Gasteiger partial charge in [0.2, 0.25) is 5.91 Å². The van der Waals surface area contributed by atoms with Gasteiger partial charge in [-0.25, -0.2) is 14.4 Å². The first-order chi connectivity index (χ1) is 15.1. The molecule has 1 amide bonds. The fourth-order valence-corrected chi connectivity index (χ4v) is 3.41. The number of nitrogens with zero attached hydrogens (tertiary/aromatic N) is 5. The second kappa shape index (κ2) is 11.2. The molecule has 0 saturated carbocycles. The molecule has 3 heterocycles. The van der Waals surface area contributed by atoms with E-state index in [9.17, 15) is 9.18 Å². The summed E-state index contributed by atoms with van der Waals surface area (Å²) in [5.74, 6) is 0.584. The highest BCUT2D eigenvalue weighted by atomic mass is 19.1. The number of likely N-dealkylation sites (N-methyl/N-ethyl adjacent to an activating group) is 1. The zero-order valence-electron chi connectivity index (χ0n) is 18.1. The number of guanidine groups is 1. The number of rotatable bonds is 8. The maximum absolute atomic E-state index is 14.0. The van der Waals surface area contributed by atoms with Crippen LogP contribution in [0.25, 0.3) is 0 Å². The molecule has 9 heteroatoms. The molecule has 0 aliphatic carbocycles. The first-order valence-electron chi connectivity index (χ1n) is 10.6. The van der Waals surface area contributed by atoms with Crippen LogP contribution in [0.4, 0.5) is 10.2 Å². The van der Waals surface area contributed by atoms with Crippen molar-refractivity contribution in [1.29, 1.82) is 0 Å². The van der Waals surface area contributed by atoms with Crippen LogP contribution in [0.15, 0.2) is 47.7 Å². The standard InChI is InChI=1S/C22H30FN7O/c1-3-24-22(27-15-20(31)29(2)13-9-17-7-4-5-11-25-17)28-18-10-14-30(16-18)21-19(23)8-6-12-26-21/h4-8,11-12,18H,3,9-10,13-16H2,1-2H3,(H2,24,27,28). The minimum Gasteiger partial charge on any atom is -0.357 e. The Morgan fingerprint density at radius 3 is 2.87 bits per heavy atom. The van der Waals surface area contributed by atoms with Crippen LogP contribution in [-0.4, -0.2) is 72.5 Å². The first-order valence-corrected chi connectivity index (χ1v) is 10.6. The van der Waals surface area contributed by atoms with Crippen molar-refractivity contribution in [2.24, 2.45) is 4.99 Å². The van der Waals surface area contributed by atoms with E-state index in [-0.39, 0.29) is 24.3 Å². The Kier molecular flexibility index (Phi) is 8.14. The van der Waals surface area contributed by atoms with Crippen LogP contribution in [0.3, 0.4) is 0 Å². The SMILES string of the molecule is CCNC(=NCC(=O)N(C)CCc1ccccn1)NC1CCN(c2ncccc2F)C1. The quantitative estimate of drug-likeness (QED) is 0.490. The number of anilines is 1. The van der Waals surface area contributed by atoms with Crippen LogP contribution in [0.2, 0.25) is 0 Å². The van der Waals surface area contributed by atoms with E-state index in [2.05, 4.69) is 25.6 Å². The van der Waals surface area contributed by atoms with E-state index in [0.29, 0.717) is 44.4 Å². The van der Waals surface area contributed by atoms with Crippen LogP contribution < -0.4 is 15.5 Å². The maximum atomic E-state index is 14.0. The summed E-state index contributed by atoms with van der Waals surface area (Å²) in [7, 11) is 1.78. The molecule has 1 fully saturated rings. The third-order valence-corrected chi connectivity index (χ3v) is 5.14. The summed E-state index contributed by atoms with van der Waals surface area (Å²) < 4.78 is 14.0. The van der Waals surface area contributed by atoms with Gasteiger partial charge < -0.3 is 20.4 Å². The highest BCUT2D eigenvalue weighted by molar-refractivity contribution is 5.85. The molecule has 3 rings (SSSR count). The van der Waals surface area contributed by atoms with Gasteiger partial charge in [0.05, 0.1) is 0 Å². The predicted molar refractivity (Wildman–Crippen MR) is 120 cm³/mol. The van der Waals surface area contributed by atoms with Crippen LogP contribution >= 0.6 is 0 Å². The Bertz CT molecular complexity index is 877. The van der Waals surface area contributed by atoms with Gasteiger partial charge in [-0.2, -0.15) is 0 Å². The Morgan fingerprint density at radius 2 is 2.13 bits per heavy atom. The van der Waals surface area contributed by atoms with E-state index in [1.54, 1.807) is 30.4 Å². The molecule has 1 unspecified atom stereocenters. The molecule has 1 saturated heterocycles. The molecule has 0 bridgehead atoms. The first kappa shape index (κ1) is 22.5. The van der Waals surface area contributed by atoms with Gasteiger partial charge in [0.15, 0.2) is 17.6 Å². The lowest BCUT2D eigenvalue weighted by Crippen LogP contribution is -2.45. The van der Waals surface area contributed by atoms with Crippen molar-refractivity contribution in [3.05, 3.63) is 54.2 Å². The number of carbonyl (C=O) groups excluding carboxylic acids is 1. The van der Waals surface area contributed by atoms with Gasteiger partial charge in [0, 0.05) is 63.8 Å². The Balaban J connectivity index is 1.50. The lowest BCUT2D eigenvalue weighted by molar-refractivity contribution is -0.128. The van der Waals surface area contributed by atoms with Crippen molar-refractivity contribution in [1.82, 2.24) is 25.5 Å². The van der Waals surface area contributed by atoms with Crippen molar-refractivity contribution < 1.29 is 9.18 Å². The number of pyridine rings is 2. The molecule has 0 spiro atoms. The van der Waals surface area contributed by atoms with E-state index in [4.69, 9.17) is 0 Å². The lowest BCUT2D eigenvalue weighted by Gasteiger charge is -2.20. The summed E-state index contributed by atoms with van der Waals surface area (Å²) in [6.07, 6.45) is 4.88. The number of nitrogens with one attached hydrogen (secondary N) is 2. The van der Waals surface area contributed by atoms with Crippen LogP contribution in [0, 0.1) is 5.82 Å². The number of hydrogen-bond acceptors (Lipinski definition) is 5. The lowest BCUT2D eigenvalue weighted by atomic mass is 10.2. The molecule has 0 aromatic carbocycles. The fourth-order valence-electron chi connectivity index (χ4n) is 3.41. The van der Waals surface area contributed by atoms with Gasteiger partial charge >= 0.3 is 0 Å². The van der Waals surface area contributed by atoms with Gasteiger partial charge in [-0.1, -0.05) is 6.07 Å². The molecular weight excluding hydrogens is 397 g/mol. The van der Waals surface area contributed by atoms with Crippen molar-refractivity contribution >= 4 is 17.7 Å². The van der Waals surface area contributed by atoms with Gasteiger partial charge in [-0.3, -0.25) is 9.78 Å². The van der Waals surface area contributed by atoms with E-state index < -0.39 is 0 Å². The normalized spacial score (nSPS) is 16.3. The molecule has 2 aromatic rings. The average Bonchev–Trinajstić information content (AvgIpc) is 3.25. The van der Waals surface area contributed by atoms with Crippen molar-refractivity contribution in [3.63, 3.8) is 0 Å². The smallest absolute Gasteiger partial charge is 0.244 e. The van der Waals surface area contributed by atoms with Crippen LogP contribution in [0.5, 0.6) is 0 Å². The molecule has 166 valence electrons. The Hall–Kier alpha value is -3.23. The van der Waals surface area contributed by atoms with Crippen molar-refractivity contribution in [2.45, 2.75) is 25.8 Å². The van der Waals surface area contributed by atoms with Gasteiger partial charge in [0.1, 0.15) is 6.54 Å². The highest BCUT2D eigenvalue weighted by Crippen LogP contribution is 2.20. The third kappa shape index (κ3) is 6.63. The molecule has 2 aromatic heterocycles. The molecule has 31 heavy (non-hydrogen) atoms. The molecule has 8 nitrogen and oxygen atoms in total. The number of carbonyl (C=O) groups is 1. The summed E-state index contributed by atoms with van der Waals surface area (Å²) in [5.41, 5.74) is 0.954. The number of aliphatic imine (C=N–C) groups is 1. The number of halogens is 1. The highest BCUT2D eigenvalue weighted by Gasteiger charge is 2.26. The molecular formula is C22H30FN7O. The van der Waals surface area contributed by atoms with E-state index >= 15 is 0 Å². The van der Waals surface area contributed by atoms with E-state index in [0.717, 1.165) is 12.1 Å². The van der Waals surface area contributed by atoms with Crippen LogP contribution in [0.1, 0.15) is 19.0 Å². The third-order valence-electron chi connectivity index (χ3n) is 5.14. The largest absolute Gasteiger partial charge is 0.357 e. The summed E-state index contributed by atoms with van der Waals surface area (Å²) in [6.45, 7) is 4.63. The maximum Gasteiger partial charge on any atom is 0.244 e. The molecule has 1 atom stereocenters. The predicted octanol–water partition coefficient (Wildman–Crippen LogP) is 1.45. The fraction of sp³-hybridized carbons (Fsp3) is 0.455. The van der Waals surface area contributed by atoms with Gasteiger partial charge in [0.25, 0.3) is 0 Å². The number of hydrogen-bond donors (Lipinski definition) is 2. The monoisotopic (exact) mass is 427 g/mol. The minimum atomic E-state index is -0.317. The molecule has 0 radical (unpaired) electrons. The average molecular weight is 428 g/mol. The summed E-state index contributed by atoms with van der Waals surface area (Å²) in [5, 5.41) is 6.53. The van der Waals surface area contributed by atoms with Gasteiger partial charge in [-0.15, -0.1) is 0 Å².